The van der Waals surface area contributed by atoms with E-state index >= 15 is 0 Å². The Morgan fingerprint density at radius 2 is 2.00 bits per heavy atom. The van der Waals surface area contributed by atoms with Crippen LogP contribution in [0.25, 0.3) is 0 Å². The second-order valence-electron chi connectivity index (χ2n) is 2.55. The Morgan fingerprint density at radius 3 is 2.08 bits per heavy atom. The molecule has 0 radical (unpaired) electrons. The second kappa shape index (κ2) is 4.88. The summed E-state index contributed by atoms with van der Waals surface area (Å²) < 4.78 is 29.9. The van der Waals surface area contributed by atoms with Crippen molar-refractivity contribution in [3.63, 3.8) is 0 Å². The Morgan fingerprint density at radius 1 is 1.62 bits per heavy atom. The summed E-state index contributed by atoms with van der Waals surface area (Å²) in [7, 11) is -4.36. The summed E-state index contributed by atoms with van der Waals surface area (Å²) in [4.78, 5) is -2.02. The van der Waals surface area contributed by atoms with Crippen molar-refractivity contribution in [3.05, 3.63) is 11.6 Å². The summed E-state index contributed by atoms with van der Waals surface area (Å²) in [6, 6.07) is 0. The van der Waals surface area contributed by atoms with Crippen LogP contribution in [0.2, 0.25) is 0 Å². The van der Waals surface area contributed by atoms with E-state index in [4.69, 9.17) is 4.55 Å². The van der Waals surface area contributed by atoms with Crippen LogP contribution in [-0.4, -0.2) is 52.6 Å². The average molecular weight is 219 g/mol. The van der Waals surface area contributed by atoms with Gasteiger partial charge in [-0.05, 0) is 18.4 Å². The first-order chi connectivity index (χ1) is 4.92. The van der Waals surface area contributed by atoms with Crippen LogP contribution in [0.3, 0.4) is 0 Å². The van der Waals surface area contributed by atoms with Gasteiger partial charge in [0, 0.05) is 0 Å². The average Bonchev–Trinajstić information content (AvgIpc) is 2.64. The van der Waals surface area contributed by atoms with Crippen LogP contribution in [0.15, 0.2) is 11.6 Å². The molecule has 1 aliphatic rings. The zero-order valence-corrected chi connectivity index (χ0v) is 7.63. The van der Waals surface area contributed by atoms with Crippen molar-refractivity contribution in [1.29, 1.82) is 0 Å². The molecule has 0 heterocycles. The van der Waals surface area contributed by atoms with Crippen LogP contribution in [0, 0.1) is 0 Å². The van der Waals surface area contributed by atoms with E-state index in [9.17, 15) is 13.5 Å². The minimum absolute atomic E-state index is 0. The van der Waals surface area contributed by atoms with Gasteiger partial charge in [0.1, 0.15) is 0 Å². The molecule has 0 aliphatic heterocycles. The van der Waals surface area contributed by atoms with Gasteiger partial charge in [0.05, 0.1) is 0 Å². The van der Waals surface area contributed by atoms with E-state index in [1.807, 2.05) is 0 Å². The van der Waals surface area contributed by atoms with E-state index in [0.29, 0.717) is 12.0 Å². The standard InChI is InChI=1S/C6H10O4S.H3N.Na.H/c1-2-6(7,5-3-4-5)11(8,9)10;;;/h3,7H,2,4H2,1H3,(H,8,9,10);1H3;;. The molecule has 1 aliphatic carbocycles. The molecule has 0 aromatic carbocycles. The normalized spacial score (nSPS) is 18.8. The molecule has 0 bridgehead atoms. The van der Waals surface area contributed by atoms with E-state index in [2.05, 4.69) is 0 Å². The van der Waals surface area contributed by atoms with Gasteiger partial charge in [-0.2, -0.15) is 8.42 Å². The van der Waals surface area contributed by atoms with Crippen molar-refractivity contribution in [3.8, 4) is 0 Å². The van der Waals surface area contributed by atoms with Crippen molar-refractivity contribution in [1.82, 2.24) is 6.15 Å². The number of rotatable bonds is 3. The second-order valence-corrected chi connectivity index (χ2v) is 4.17. The molecule has 1 unspecified atom stereocenters. The summed E-state index contributed by atoms with van der Waals surface area (Å²) in [5.74, 6) is 0. The van der Waals surface area contributed by atoms with Gasteiger partial charge in [-0.1, -0.05) is 13.0 Å². The molecule has 0 aromatic rings. The molecule has 5 nitrogen and oxygen atoms in total. The third-order valence-corrected chi connectivity index (χ3v) is 3.22. The van der Waals surface area contributed by atoms with Gasteiger partial charge in [-0.3, -0.25) is 4.55 Å². The fourth-order valence-electron chi connectivity index (χ4n) is 0.945. The van der Waals surface area contributed by atoms with Gasteiger partial charge in [0.2, 0.25) is 4.93 Å². The van der Waals surface area contributed by atoms with Crippen molar-refractivity contribution in [2.45, 2.75) is 24.7 Å². The van der Waals surface area contributed by atoms with Crippen LogP contribution in [0.5, 0.6) is 0 Å². The molecule has 0 spiro atoms. The minimum atomic E-state index is -4.36. The molecule has 13 heavy (non-hydrogen) atoms. The molecule has 1 rings (SSSR count). The van der Waals surface area contributed by atoms with Crippen LogP contribution < -0.4 is 6.15 Å². The quantitative estimate of drug-likeness (QED) is 0.346. The maximum atomic E-state index is 10.6. The third-order valence-electron chi connectivity index (χ3n) is 1.82. The molecular formula is C6H14NNaO4S. The Kier molecular flexibility index (Phi) is 6.01. The number of aliphatic hydroxyl groups is 1. The first-order valence-corrected chi connectivity index (χ1v) is 4.74. The summed E-state index contributed by atoms with van der Waals surface area (Å²) in [5, 5.41) is 9.39. The first kappa shape index (κ1) is 16.0. The molecule has 1 atom stereocenters. The van der Waals surface area contributed by atoms with Gasteiger partial charge in [-0.25, -0.2) is 0 Å². The van der Waals surface area contributed by atoms with E-state index < -0.39 is 15.1 Å². The Balaban J connectivity index is 0. The summed E-state index contributed by atoms with van der Waals surface area (Å²) >= 11 is 0. The summed E-state index contributed by atoms with van der Waals surface area (Å²) in [6.07, 6.45) is 2.04. The molecule has 0 aromatic heterocycles. The Hall–Kier alpha value is 0.570. The predicted molar refractivity (Wildman–Crippen MR) is 51.7 cm³/mol. The van der Waals surface area contributed by atoms with Crippen LogP contribution >= 0.6 is 0 Å². The SMILES string of the molecule is CCC(O)(C1=CC1)S(=O)(=O)O.N.[NaH]. The van der Waals surface area contributed by atoms with Crippen molar-refractivity contribution < 1.29 is 18.1 Å². The molecule has 7 heteroatoms. The van der Waals surface area contributed by atoms with Crippen LogP contribution in [0.1, 0.15) is 19.8 Å². The van der Waals surface area contributed by atoms with Crippen molar-refractivity contribution in [2.24, 2.45) is 0 Å². The van der Waals surface area contributed by atoms with E-state index in [1.54, 1.807) is 6.08 Å². The molecule has 0 saturated carbocycles. The fraction of sp³-hybridized carbons (Fsp3) is 0.667. The zero-order valence-electron chi connectivity index (χ0n) is 6.82. The molecule has 5 N–H and O–H groups in total. The van der Waals surface area contributed by atoms with Gasteiger partial charge in [-0.15, -0.1) is 0 Å². The summed E-state index contributed by atoms with van der Waals surface area (Å²) in [6.45, 7) is 1.51. The zero-order chi connectivity index (χ0) is 8.70. The van der Waals surface area contributed by atoms with Gasteiger partial charge in [0.15, 0.2) is 0 Å². The number of allylic oxidation sites excluding steroid dienone is 1. The molecular weight excluding hydrogens is 205 g/mol. The summed E-state index contributed by atoms with van der Waals surface area (Å²) in [5.41, 5.74) is 0.391. The van der Waals surface area contributed by atoms with Crippen LogP contribution in [-0.2, 0) is 10.1 Å². The fourth-order valence-corrected chi connectivity index (χ4v) is 1.81. The number of hydrogen-bond donors (Lipinski definition) is 3. The predicted octanol–water partition coefficient (Wildman–Crippen LogP) is -0.184. The van der Waals surface area contributed by atoms with E-state index in [-0.39, 0.29) is 42.1 Å². The Labute approximate surface area is 99.8 Å². The molecule has 0 saturated heterocycles. The number of hydrogen-bond acceptors (Lipinski definition) is 4. The van der Waals surface area contributed by atoms with E-state index in [0.717, 1.165) is 0 Å². The van der Waals surface area contributed by atoms with E-state index in [1.165, 1.54) is 6.92 Å². The van der Waals surface area contributed by atoms with Crippen LogP contribution in [0.4, 0.5) is 0 Å². The Bertz CT molecular complexity index is 300. The molecule has 0 fully saturated rings. The van der Waals surface area contributed by atoms with Crippen molar-refractivity contribution in [2.75, 3.05) is 0 Å². The monoisotopic (exact) mass is 219 g/mol. The van der Waals surface area contributed by atoms with Gasteiger partial charge in [0.25, 0.3) is 10.1 Å². The molecule has 0 amide bonds. The van der Waals surface area contributed by atoms with Gasteiger partial charge < -0.3 is 11.3 Å². The van der Waals surface area contributed by atoms with Crippen molar-refractivity contribution >= 4 is 39.7 Å². The maximum absolute atomic E-state index is 10.6. The van der Waals surface area contributed by atoms with Gasteiger partial charge >= 0.3 is 29.6 Å². The third kappa shape index (κ3) is 3.02. The molecule has 74 valence electrons. The first-order valence-electron chi connectivity index (χ1n) is 3.30. The topological polar surface area (TPSA) is 110 Å².